The molecule has 1 aromatic heterocycles. The SMILES string of the molecule is Cc1c2ccc3c(c2c(O[Si](C)(C)C(C)(C)C)c2occ(CCC=O)c12)CCC31OCCO1. The van der Waals surface area contributed by atoms with Gasteiger partial charge in [0, 0.05) is 29.2 Å². The zero-order valence-electron chi connectivity index (χ0n) is 20.6. The molecule has 6 heteroatoms. The summed E-state index contributed by atoms with van der Waals surface area (Å²) in [5, 5.41) is 3.44. The average Bonchev–Trinajstić information content (AvgIpc) is 3.48. The third kappa shape index (κ3) is 3.37. The Kier molecular flexibility index (Phi) is 5.27. The molecule has 0 unspecified atom stereocenters. The molecule has 1 aliphatic heterocycles. The van der Waals surface area contributed by atoms with Gasteiger partial charge in [-0.25, -0.2) is 0 Å². The zero-order valence-corrected chi connectivity index (χ0v) is 21.6. The number of hydrogen-bond acceptors (Lipinski definition) is 5. The van der Waals surface area contributed by atoms with Crippen LogP contribution in [0.15, 0.2) is 22.8 Å². The molecule has 176 valence electrons. The minimum atomic E-state index is -2.16. The molecule has 1 saturated heterocycles. The number of fused-ring (bicyclic) bond motifs is 5. The number of rotatable bonds is 5. The first-order chi connectivity index (χ1) is 15.6. The van der Waals surface area contributed by atoms with E-state index in [4.69, 9.17) is 18.3 Å². The highest BCUT2D eigenvalue weighted by Crippen LogP contribution is 2.52. The van der Waals surface area contributed by atoms with Crippen molar-refractivity contribution in [2.75, 3.05) is 13.2 Å². The van der Waals surface area contributed by atoms with Crippen LogP contribution in [0.25, 0.3) is 21.7 Å². The zero-order chi connectivity index (χ0) is 23.6. The van der Waals surface area contributed by atoms with E-state index in [1.165, 1.54) is 16.5 Å². The van der Waals surface area contributed by atoms with Crippen LogP contribution >= 0.6 is 0 Å². The van der Waals surface area contributed by atoms with E-state index in [0.717, 1.165) is 52.4 Å². The van der Waals surface area contributed by atoms with Crippen molar-refractivity contribution in [3.05, 3.63) is 40.6 Å². The van der Waals surface area contributed by atoms with Crippen LogP contribution in [0.4, 0.5) is 0 Å². The molecule has 1 spiro atoms. The molecule has 0 amide bonds. The molecule has 0 N–H and O–H groups in total. The molecule has 3 aromatic rings. The number of ether oxygens (including phenoxy) is 2. The van der Waals surface area contributed by atoms with E-state index in [0.29, 0.717) is 26.1 Å². The Morgan fingerprint density at radius 1 is 1.15 bits per heavy atom. The quantitative estimate of drug-likeness (QED) is 0.315. The summed E-state index contributed by atoms with van der Waals surface area (Å²) < 4.78 is 25.5. The van der Waals surface area contributed by atoms with Crippen LogP contribution in [0.5, 0.6) is 5.75 Å². The second-order valence-corrected chi connectivity index (χ2v) is 15.7. The van der Waals surface area contributed by atoms with E-state index in [9.17, 15) is 4.79 Å². The van der Waals surface area contributed by atoms with Gasteiger partial charge in [-0.3, -0.25) is 0 Å². The Bertz CT molecular complexity index is 1240. The number of furan rings is 1. The number of carbonyl (C=O) groups is 1. The highest BCUT2D eigenvalue weighted by Gasteiger charge is 2.46. The third-order valence-corrected chi connectivity index (χ3v) is 12.3. The molecule has 1 aliphatic carbocycles. The normalized spacial score (nSPS) is 17.9. The highest BCUT2D eigenvalue weighted by molar-refractivity contribution is 6.75. The summed E-state index contributed by atoms with van der Waals surface area (Å²) in [6.07, 6.45) is 5.62. The number of benzene rings is 2. The molecule has 0 radical (unpaired) electrons. The number of hydrogen-bond donors (Lipinski definition) is 0. The molecule has 2 aromatic carbocycles. The van der Waals surface area contributed by atoms with Crippen molar-refractivity contribution in [3.63, 3.8) is 0 Å². The minimum absolute atomic E-state index is 0.0420. The van der Waals surface area contributed by atoms with E-state index < -0.39 is 14.1 Å². The van der Waals surface area contributed by atoms with Gasteiger partial charge < -0.3 is 23.1 Å². The largest absolute Gasteiger partial charge is 0.541 e. The fourth-order valence-corrected chi connectivity index (χ4v) is 6.15. The number of aryl methyl sites for hydroxylation is 3. The van der Waals surface area contributed by atoms with Crippen LogP contribution in [0.1, 0.15) is 55.9 Å². The summed E-state index contributed by atoms with van der Waals surface area (Å²) in [5.41, 5.74) is 5.41. The van der Waals surface area contributed by atoms with Crippen molar-refractivity contribution in [3.8, 4) is 5.75 Å². The van der Waals surface area contributed by atoms with E-state index in [2.05, 4.69) is 52.9 Å². The van der Waals surface area contributed by atoms with E-state index in [-0.39, 0.29) is 5.04 Å². The van der Waals surface area contributed by atoms with Gasteiger partial charge in [0.25, 0.3) is 8.32 Å². The summed E-state index contributed by atoms with van der Waals surface area (Å²) in [5.74, 6) is 0.222. The van der Waals surface area contributed by atoms with Crippen molar-refractivity contribution in [1.29, 1.82) is 0 Å². The molecule has 0 saturated carbocycles. The maximum atomic E-state index is 11.1. The van der Waals surface area contributed by atoms with Gasteiger partial charge >= 0.3 is 0 Å². The summed E-state index contributed by atoms with van der Waals surface area (Å²) in [6.45, 7) is 14.7. The van der Waals surface area contributed by atoms with Crippen molar-refractivity contribution >= 4 is 36.3 Å². The van der Waals surface area contributed by atoms with Crippen molar-refractivity contribution in [2.24, 2.45) is 0 Å². The van der Waals surface area contributed by atoms with Crippen LogP contribution in [-0.4, -0.2) is 27.8 Å². The summed E-state index contributed by atoms with van der Waals surface area (Å²) in [6, 6.07) is 4.37. The van der Waals surface area contributed by atoms with E-state index in [1.54, 1.807) is 0 Å². The predicted octanol–water partition coefficient (Wildman–Crippen LogP) is 6.56. The van der Waals surface area contributed by atoms with Gasteiger partial charge in [0.15, 0.2) is 17.1 Å². The number of aldehydes is 1. The standard InChI is InChI=1S/C27H34O5Si/c1-17-19-9-10-21-20(11-12-27(21)30-14-15-31-27)23(19)25(32-33(5,6)26(2,3)4)24-22(17)18(16-29-24)8-7-13-28/h9-10,13,16H,7-8,11-12,14-15H2,1-6H3. The topological polar surface area (TPSA) is 57.9 Å². The lowest BCUT2D eigenvalue weighted by Crippen LogP contribution is -2.44. The van der Waals surface area contributed by atoms with Crippen LogP contribution in [-0.2, 0) is 32.9 Å². The third-order valence-electron chi connectivity index (χ3n) is 7.96. The Morgan fingerprint density at radius 3 is 2.55 bits per heavy atom. The molecule has 1 fully saturated rings. The van der Waals surface area contributed by atoms with Gasteiger partial charge in [-0.15, -0.1) is 0 Å². The van der Waals surface area contributed by atoms with Crippen LogP contribution < -0.4 is 4.43 Å². The molecule has 33 heavy (non-hydrogen) atoms. The van der Waals surface area contributed by atoms with Crippen molar-refractivity contribution in [1.82, 2.24) is 0 Å². The van der Waals surface area contributed by atoms with Crippen LogP contribution in [0.2, 0.25) is 18.1 Å². The Balaban J connectivity index is 1.83. The lowest BCUT2D eigenvalue weighted by Gasteiger charge is -2.37. The van der Waals surface area contributed by atoms with Gasteiger partial charge in [-0.05, 0) is 60.0 Å². The molecule has 0 bridgehead atoms. The first kappa shape index (κ1) is 22.6. The van der Waals surface area contributed by atoms with Gasteiger partial charge in [0.05, 0.1) is 19.5 Å². The monoisotopic (exact) mass is 466 g/mol. The fraction of sp³-hybridized carbons (Fsp3) is 0.519. The summed E-state index contributed by atoms with van der Waals surface area (Å²) in [4.78, 5) is 11.1. The smallest absolute Gasteiger partial charge is 0.250 e. The maximum absolute atomic E-state index is 11.1. The molecule has 5 nitrogen and oxygen atoms in total. The van der Waals surface area contributed by atoms with Gasteiger partial charge in [0.2, 0.25) is 0 Å². The lowest BCUT2D eigenvalue weighted by atomic mass is 9.92. The first-order valence-corrected chi connectivity index (χ1v) is 14.9. The summed E-state index contributed by atoms with van der Waals surface area (Å²) in [7, 11) is -2.16. The molecule has 2 heterocycles. The fourth-order valence-electron chi connectivity index (χ4n) is 5.14. The summed E-state index contributed by atoms with van der Waals surface area (Å²) >= 11 is 0. The Morgan fingerprint density at radius 2 is 1.88 bits per heavy atom. The van der Waals surface area contributed by atoms with E-state index >= 15 is 0 Å². The second-order valence-electron chi connectivity index (χ2n) is 11.0. The van der Waals surface area contributed by atoms with Crippen LogP contribution in [0, 0.1) is 6.92 Å². The van der Waals surface area contributed by atoms with E-state index in [1.807, 2.05) is 6.26 Å². The molecule has 0 atom stereocenters. The average molecular weight is 467 g/mol. The molecular formula is C27H34O5Si. The van der Waals surface area contributed by atoms with Gasteiger partial charge in [0.1, 0.15) is 6.29 Å². The second kappa shape index (κ2) is 7.69. The maximum Gasteiger partial charge on any atom is 0.250 e. The lowest BCUT2D eigenvalue weighted by molar-refractivity contribution is -0.163. The molecule has 2 aliphatic rings. The van der Waals surface area contributed by atoms with Gasteiger partial charge in [-0.1, -0.05) is 32.9 Å². The molecule has 5 rings (SSSR count). The van der Waals surface area contributed by atoms with Crippen LogP contribution in [0.3, 0.4) is 0 Å². The molecular weight excluding hydrogens is 432 g/mol. The highest BCUT2D eigenvalue weighted by atomic mass is 28.4. The Labute approximate surface area is 196 Å². The predicted molar refractivity (Wildman–Crippen MR) is 133 cm³/mol. The minimum Gasteiger partial charge on any atom is -0.541 e. The first-order valence-electron chi connectivity index (χ1n) is 12.0. The van der Waals surface area contributed by atoms with Gasteiger partial charge in [-0.2, -0.15) is 0 Å². The van der Waals surface area contributed by atoms with Crippen molar-refractivity contribution < 1.29 is 23.1 Å². The Hall–Kier alpha value is -2.15. The van der Waals surface area contributed by atoms with Crippen molar-refractivity contribution in [2.45, 2.75) is 77.3 Å². The number of carbonyl (C=O) groups excluding carboxylic acids is 1.